The highest BCUT2D eigenvalue weighted by atomic mass is 32.2. The van der Waals surface area contributed by atoms with Crippen molar-refractivity contribution in [2.45, 2.75) is 50.5 Å². The van der Waals surface area contributed by atoms with Gasteiger partial charge in [0.1, 0.15) is 17.6 Å². The average molecular weight is 487 g/mol. The number of methoxy groups -OCH3 is 1. The highest BCUT2D eigenvalue weighted by Crippen LogP contribution is 2.28. The third-order valence-electron chi connectivity index (χ3n) is 6.97. The van der Waals surface area contributed by atoms with Crippen molar-refractivity contribution in [2.75, 3.05) is 33.3 Å². The second kappa shape index (κ2) is 10.4. The number of rotatable bonds is 6. The van der Waals surface area contributed by atoms with Crippen LogP contribution in [0.5, 0.6) is 11.5 Å². The molecular formula is C26H34N2O5S. The molecule has 1 unspecified atom stereocenters. The largest absolute Gasteiger partial charge is 0.497 e. The van der Waals surface area contributed by atoms with Crippen LogP contribution in [-0.4, -0.2) is 62.9 Å². The maximum atomic E-state index is 13.2. The number of benzene rings is 2. The first-order chi connectivity index (χ1) is 16.3. The van der Waals surface area contributed by atoms with Gasteiger partial charge in [0.05, 0.1) is 17.9 Å². The minimum atomic E-state index is -3.65. The zero-order chi connectivity index (χ0) is 24.3. The van der Waals surface area contributed by atoms with E-state index in [4.69, 9.17) is 9.47 Å². The molecule has 2 fully saturated rings. The number of sulfonamides is 1. The van der Waals surface area contributed by atoms with Crippen LogP contribution in [0.1, 0.15) is 36.8 Å². The Kier molecular flexibility index (Phi) is 7.48. The molecule has 0 bridgehead atoms. The van der Waals surface area contributed by atoms with Gasteiger partial charge in [0.25, 0.3) is 0 Å². The maximum absolute atomic E-state index is 13.2. The highest BCUT2D eigenvalue weighted by Gasteiger charge is 2.36. The first-order valence-corrected chi connectivity index (χ1v) is 13.4. The fourth-order valence-electron chi connectivity index (χ4n) is 4.69. The Labute approximate surface area is 202 Å². The van der Waals surface area contributed by atoms with E-state index in [0.717, 1.165) is 18.6 Å². The predicted octanol–water partition coefficient (Wildman–Crippen LogP) is 3.78. The lowest BCUT2D eigenvalue weighted by Crippen LogP contribution is -2.49. The molecule has 2 aliphatic rings. The normalized spacial score (nSPS) is 20.2. The van der Waals surface area contributed by atoms with Crippen LogP contribution in [0.25, 0.3) is 0 Å². The number of piperidine rings is 2. The van der Waals surface area contributed by atoms with E-state index in [9.17, 15) is 13.2 Å². The molecule has 8 heteroatoms. The first-order valence-electron chi connectivity index (χ1n) is 11.9. The molecule has 2 saturated heterocycles. The molecule has 1 amide bonds. The number of carbonyl (C=O) groups excluding carboxylic acids is 1. The third-order valence-corrected chi connectivity index (χ3v) is 8.84. The van der Waals surface area contributed by atoms with Gasteiger partial charge in [-0.3, -0.25) is 4.79 Å². The van der Waals surface area contributed by atoms with Crippen LogP contribution in [0.3, 0.4) is 0 Å². The molecule has 4 rings (SSSR count). The maximum Gasteiger partial charge on any atom is 0.243 e. The molecule has 0 radical (unpaired) electrons. The van der Waals surface area contributed by atoms with Crippen LogP contribution in [0.4, 0.5) is 0 Å². The van der Waals surface area contributed by atoms with Crippen molar-refractivity contribution in [3.05, 3.63) is 53.6 Å². The monoisotopic (exact) mass is 486 g/mol. The molecule has 2 aromatic carbocycles. The van der Waals surface area contributed by atoms with Gasteiger partial charge in [0, 0.05) is 39.0 Å². The first kappa shape index (κ1) is 24.5. The van der Waals surface area contributed by atoms with Crippen LogP contribution in [0.2, 0.25) is 0 Å². The molecule has 0 aromatic heterocycles. The van der Waals surface area contributed by atoms with E-state index in [0.29, 0.717) is 38.2 Å². The van der Waals surface area contributed by atoms with E-state index < -0.39 is 10.0 Å². The molecule has 2 aliphatic heterocycles. The van der Waals surface area contributed by atoms with Crippen LogP contribution in [0.15, 0.2) is 47.4 Å². The quantitative estimate of drug-likeness (QED) is 0.621. The third kappa shape index (κ3) is 5.39. The molecule has 0 saturated carbocycles. The Morgan fingerprint density at radius 1 is 0.912 bits per heavy atom. The zero-order valence-electron chi connectivity index (χ0n) is 20.2. The number of amides is 1. The number of likely N-dealkylation sites (tertiary alicyclic amines) is 1. The number of aryl methyl sites for hydroxylation is 2. The lowest BCUT2D eigenvalue weighted by molar-refractivity contribution is -0.138. The standard InChI is InChI=1S/C26H34N2O5S/c1-19-6-7-24(17-20(19)2)33-23-12-15-27(16-13-23)26(29)21-5-4-14-28(18-21)34(30,31)25-10-8-22(32-3)9-11-25/h6-11,17,21,23H,4-5,12-16,18H2,1-3H3. The summed E-state index contributed by atoms with van der Waals surface area (Å²) < 4.78 is 39.0. The summed E-state index contributed by atoms with van der Waals surface area (Å²) in [4.78, 5) is 15.4. The molecule has 0 spiro atoms. The number of nitrogens with zero attached hydrogens (tertiary/aromatic N) is 2. The number of carbonyl (C=O) groups is 1. The molecule has 0 N–H and O–H groups in total. The molecule has 2 heterocycles. The number of hydrogen-bond acceptors (Lipinski definition) is 5. The summed E-state index contributed by atoms with van der Waals surface area (Å²) in [6, 6.07) is 12.5. The van der Waals surface area contributed by atoms with Gasteiger partial charge in [0.2, 0.25) is 15.9 Å². The smallest absolute Gasteiger partial charge is 0.243 e. The van der Waals surface area contributed by atoms with E-state index in [1.165, 1.54) is 15.4 Å². The summed E-state index contributed by atoms with van der Waals surface area (Å²) in [5.41, 5.74) is 2.44. The molecule has 184 valence electrons. The van der Waals surface area contributed by atoms with E-state index >= 15 is 0 Å². The Balaban J connectivity index is 1.33. The summed E-state index contributed by atoms with van der Waals surface area (Å²) in [6.45, 7) is 6.09. The zero-order valence-corrected chi connectivity index (χ0v) is 21.0. The van der Waals surface area contributed by atoms with E-state index in [1.54, 1.807) is 31.4 Å². The van der Waals surface area contributed by atoms with E-state index in [2.05, 4.69) is 26.0 Å². The van der Waals surface area contributed by atoms with Crippen molar-refractivity contribution in [2.24, 2.45) is 5.92 Å². The minimum Gasteiger partial charge on any atom is -0.497 e. The predicted molar refractivity (Wildman–Crippen MR) is 131 cm³/mol. The summed E-state index contributed by atoms with van der Waals surface area (Å²) in [6.07, 6.45) is 3.04. The van der Waals surface area contributed by atoms with Gasteiger partial charge in [-0.25, -0.2) is 8.42 Å². The fourth-order valence-corrected chi connectivity index (χ4v) is 6.21. The van der Waals surface area contributed by atoms with Gasteiger partial charge in [0.15, 0.2) is 0 Å². The van der Waals surface area contributed by atoms with Crippen LogP contribution in [0, 0.1) is 19.8 Å². The van der Waals surface area contributed by atoms with Gasteiger partial charge in [-0.2, -0.15) is 4.31 Å². The Morgan fingerprint density at radius 2 is 1.59 bits per heavy atom. The molecular weight excluding hydrogens is 452 g/mol. The Morgan fingerprint density at radius 3 is 2.24 bits per heavy atom. The molecule has 0 aliphatic carbocycles. The topological polar surface area (TPSA) is 76.2 Å². The molecule has 34 heavy (non-hydrogen) atoms. The summed E-state index contributed by atoms with van der Waals surface area (Å²) in [5, 5.41) is 0. The summed E-state index contributed by atoms with van der Waals surface area (Å²) >= 11 is 0. The minimum absolute atomic E-state index is 0.0549. The SMILES string of the molecule is COc1ccc(S(=O)(=O)N2CCCC(C(=O)N3CCC(Oc4ccc(C)c(C)c4)CC3)C2)cc1. The average Bonchev–Trinajstić information content (AvgIpc) is 2.86. The van der Waals surface area contributed by atoms with E-state index in [-0.39, 0.29) is 29.4 Å². The molecule has 7 nitrogen and oxygen atoms in total. The highest BCUT2D eigenvalue weighted by molar-refractivity contribution is 7.89. The van der Waals surface area contributed by atoms with Crippen molar-refractivity contribution in [1.82, 2.24) is 9.21 Å². The van der Waals surface area contributed by atoms with Crippen molar-refractivity contribution < 1.29 is 22.7 Å². The van der Waals surface area contributed by atoms with Crippen molar-refractivity contribution in [3.8, 4) is 11.5 Å². The number of ether oxygens (including phenoxy) is 2. The lowest BCUT2D eigenvalue weighted by atomic mass is 9.96. The fraction of sp³-hybridized carbons (Fsp3) is 0.500. The number of hydrogen-bond donors (Lipinski definition) is 0. The second-order valence-corrected chi connectivity index (χ2v) is 11.2. The van der Waals surface area contributed by atoms with Gasteiger partial charge < -0.3 is 14.4 Å². The Bertz CT molecular complexity index is 1110. The van der Waals surface area contributed by atoms with Crippen LogP contribution in [-0.2, 0) is 14.8 Å². The van der Waals surface area contributed by atoms with Crippen LogP contribution < -0.4 is 9.47 Å². The second-order valence-electron chi connectivity index (χ2n) is 9.27. The van der Waals surface area contributed by atoms with Crippen LogP contribution >= 0.6 is 0 Å². The van der Waals surface area contributed by atoms with Crippen molar-refractivity contribution in [3.63, 3.8) is 0 Å². The molecule has 2 aromatic rings. The van der Waals surface area contributed by atoms with E-state index in [1.807, 2.05) is 11.0 Å². The van der Waals surface area contributed by atoms with Crippen molar-refractivity contribution >= 4 is 15.9 Å². The summed E-state index contributed by atoms with van der Waals surface area (Å²) in [7, 11) is -2.10. The lowest BCUT2D eigenvalue weighted by Gasteiger charge is -2.37. The van der Waals surface area contributed by atoms with Gasteiger partial charge in [-0.1, -0.05) is 6.07 Å². The van der Waals surface area contributed by atoms with Gasteiger partial charge in [-0.05, 0) is 74.2 Å². The van der Waals surface area contributed by atoms with Crippen molar-refractivity contribution in [1.29, 1.82) is 0 Å². The molecule has 1 atom stereocenters. The Hall–Kier alpha value is -2.58. The van der Waals surface area contributed by atoms with Gasteiger partial charge in [-0.15, -0.1) is 0 Å². The van der Waals surface area contributed by atoms with Gasteiger partial charge >= 0.3 is 0 Å². The summed E-state index contributed by atoms with van der Waals surface area (Å²) in [5.74, 6) is 1.23.